The molecule has 2 heterocycles. The number of carbonyl (C=O) groups excluding carboxylic acids is 2. The molecule has 8 heteroatoms. The highest BCUT2D eigenvalue weighted by molar-refractivity contribution is 6.37. The second kappa shape index (κ2) is 9.06. The first-order chi connectivity index (χ1) is 15.0. The number of hydrogen-bond donors (Lipinski definition) is 1. The molecule has 1 aliphatic heterocycles. The van der Waals surface area contributed by atoms with Gasteiger partial charge in [0.1, 0.15) is 0 Å². The zero-order valence-corrected chi connectivity index (χ0v) is 18.0. The van der Waals surface area contributed by atoms with Gasteiger partial charge < -0.3 is 15.4 Å². The molecule has 0 radical (unpaired) electrons. The van der Waals surface area contributed by atoms with Crippen LogP contribution in [0.15, 0.2) is 54.7 Å². The lowest BCUT2D eigenvalue weighted by Crippen LogP contribution is -2.41. The van der Waals surface area contributed by atoms with Crippen molar-refractivity contribution in [3.05, 3.63) is 75.9 Å². The van der Waals surface area contributed by atoms with Crippen molar-refractivity contribution in [1.82, 2.24) is 9.88 Å². The minimum absolute atomic E-state index is 0.126. The summed E-state index contributed by atoms with van der Waals surface area (Å²) in [5, 5.41) is 0.631. The van der Waals surface area contributed by atoms with Gasteiger partial charge in [-0.3, -0.25) is 14.6 Å². The molecule has 31 heavy (non-hydrogen) atoms. The van der Waals surface area contributed by atoms with E-state index in [1.807, 2.05) is 24.3 Å². The molecule has 1 aromatic heterocycles. The maximum Gasteiger partial charge on any atom is 0.254 e. The van der Waals surface area contributed by atoms with Crippen LogP contribution in [0.25, 0.3) is 22.4 Å². The van der Waals surface area contributed by atoms with Gasteiger partial charge in [-0.05, 0) is 42.0 Å². The Morgan fingerprint density at radius 1 is 1.00 bits per heavy atom. The molecule has 2 N–H and O–H groups in total. The van der Waals surface area contributed by atoms with Gasteiger partial charge in [0.05, 0.1) is 29.5 Å². The van der Waals surface area contributed by atoms with Gasteiger partial charge in [-0.25, -0.2) is 0 Å². The van der Waals surface area contributed by atoms with Crippen molar-refractivity contribution in [3.63, 3.8) is 0 Å². The molecule has 2 aromatic carbocycles. The molecule has 0 saturated carbocycles. The van der Waals surface area contributed by atoms with Crippen molar-refractivity contribution in [3.8, 4) is 22.4 Å². The molecule has 2 amide bonds. The number of carbonyl (C=O) groups is 2. The SMILES string of the molecule is NC(=O)c1ccc(C(=O)N2CCOCC2)c(-c2ccc(Cl)c(-c3ccccn3)c2)c1Cl. The van der Waals surface area contributed by atoms with Gasteiger partial charge in [0.25, 0.3) is 5.91 Å². The minimum atomic E-state index is -0.671. The molecule has 6 nitrogen and oxygen atoms in total. The zero-order valence-electron chi connectivity index (χ0n) is 16.5. The second-order valence-electron chi connectivity index (χ2n) is 7.03. The van der Waals surface area contributed by atoms with E-state index >= 15 is 0 Å². The van der Waals surface area contributed by atoms with Crippen LogP contribution in [-0.2, 0) is 4.74 Å². The van der Waals surface area contributed by atoms with Gasteiger partial charge in [0.15, 0.2) is 0 Å². The van der Waals surface area contributed by atoms with E-state index < -0.39 is 5.91 Å². The standard InChI is InChI=1S/C23H19Cl2N3O3/c24-18-7-4-14(13-17(18)19-3-1-2-8-27-19)20-15(5-6-16(21(20)25)22(26)29)23(30)28-9-11-31-12-10-28/h1-8,13H,9-12H2,(H2,26,29). The molecule has 158 valence electrons. The highest BCUT2D eigenvalue weighted by atomic mass is 35.5. The molecular formula is C23H19Cl2N3O3. The highest BCUT2D eigenvalue weighted by Crippen LogP contribution is 2.38. The summed E-state index contributed by atoms with van der Waals surface area (Å²) in [6.07, 6.45) is 1.67. The van der Waals surface area contributed by atoms with Crippen molar-refractivity contribution in [2.45, 2.75) is 0 Å². The number of primary amides is 1. The molecule has 0 unspecified atom stereocenters. The first-order valence-electron chi connectivity index (χ1n) is 9.68. The summed E-state index contributed by atoms with van der Waals surface area (Å²) in [6.45, 7) is 1.90. The molecule has 3 aromatic rings. The van der Waals surface area contributed by atoms with Crippen molar-refractivity contribution in [2.75, 3.05) is 26.3 Å². The summed E-state index contributed by atoms with van der Waals surface area (Å²) < 4.78 is 5.35. The highest BCUT2D eigenvalue weighted by Gasteiger charge is 2.26. The smallest absolute Gasteiger partial charge is 0.254 e. The molecule has 0 bridgehead atoms. The fourth-order valence-electron chi connectivity index (χ4n) is 3.56. The van der Waals surface area contributed by atoms with Gasteiger partial charge in [0.2, 0.25) is 5.91 Å². The van der Waals surface area contributed by atoms with Gasteiger partial charge in [0, 0.05) is 41.0 Å². The van der Waals surface area contributed by atoms with Crippen molar-refractivity contribution in [2.24, 2.45) is 5.73 Å². The van der Waals surface area contributed by atoms with E-state index in [1.54, 1.807) is 29.3 Å². The third kappa shape index (κ3) is 4.28. The molecular weight excluding hydrogens is 437 g/mol. The zero-order chi connectivity index (χ0) is 22.0. The van der Waals surface area contributed by atoms with Crippen LogP contribution in [0.2, 0.25) is 10.0 Å². The average Bonchev–Trinajstić information content (AvgIpc) is 2.80. The fourth-order valence-corrected chi connectivity index (χ4v) is 4.14. The Morgan fingerprint density at radius 3 is 2.42 bits per heavy atom. The van der Waals surface area contributed by atoms with Crippen LogP contribution in [0.5, 0.6) is 0 Å². The Bertz CT molecular complexity index is 1150. The first kappa shape index (κ1) is 21.3. The Kier molecular flexibility index (Phi) is 6.23. The predicted octanol–water partition coefficient (Wildman–Crippen LogP) is 4.29. The molecule has 0 atom stereocenters. The Labute approximate surface area is 189 Å². The van der Waals surface area contributed by atoms with Crippen LogP contribution in [0, 0.1) is 0 Å². The monoisotopic (exact) mass is 455 g/mol. The summed E-state index contributed by atoms with van der Waals surface area (Å²) in [7, 11) is 0. The number of amides is 2. The third-order valence-corrected chi connectivity index (χ3v) is 5.85. The van der Waals surface area contributed by atoms with E-state index in [1.165, 1.54) is 6.07 Å². The van der Waals surface area contributed by atoms with Crippen molar-refractivity contribution < 1.29 is 14.3 Å². The molecule has 0 aliphatic carbocycles. The molecule has 0 spiro atoms. The van der Waals surface area contributed by atoms with Crippen molar-refractivity contribution in [1.29, 1.82) is 0 Å². The summed E-state index contributed by atoms with van der Waals surface area (Å²) >= 11 is 13.0. The summed E-state index contributed by atoms with van der Waals surface area (Å²) in [6, 6.07) is 13.9. The van der Waals surface area contributed by atoms with Crippen LogP contribution in [0.4, 0.5) is 0 Å². The Morgan fingerprint density at radius 2 is 1.74 bits per heavy atom. The number of morpholine rings is 1. The lowest BCUT2D eigenvalue weighted by Gasteiger charge is -2.28. The maximum absolute atomic E-state index is 13.3. The van der Waals surface area contributed by atoms with Crippen LogP contribution in [-0.4, -0.2) is 48.0 Å². The van der Waals surface area contributed by atoms with Crippen LogP contribution < -0.4 is 5.73 Å². The topological polar surface area (TPSA) is 85.5 Å². The van der Waals surface area contributed by atoms with E-state index in [-0.39, 0.29) is 16.5 Å². The first-order valence-corrected chi connectivity index (χ1v) is 10.4. The Hall–Kier alpha value is -2.93. The summed E-state index contributed by atoms with van der Waals surface area (Å²) in [5.74, 6) is -0.860. The number of nitrogens with two attached hydrogens (primary N) is 1. The van der Waals surface area contributed by atoms with Gasteiger partial charge in [-0.15, -0.1) is 0 Å². The number of nitrogens with zero attached hydrogens (tertiary/aromatic N) is 2. The normalized spacial score (nSPS) is 13.8. The number of halogens is 2. The van der Waals surface area contributed by atoms with Crippen LogP contribution >= 0.6 is 23.2 Å². The van der Waals surface area contributed by atoms with E-state index in [2.05, 4.69) is 4.98 Å². The Balaban J connectivity index is 1.89. The summed E-state index contributed by atoms with van der Waals surface area (Å²) in [5.41, 5.74) is 8.46. The molecule has 1 aliphatic rings. The van der Waals surface area contributed by atoms with E-state index in [9.17, 15) is 9.59 Å². The second-order valence-corrected chi connectivity index (χ2v) is 7.81. The summed E-state index contributed by atoms with van der Waals surface area (Å²) in [4.78, 5) is 31.3. The third-order valence-electron chi connectivity index (χ3n) is 5.13. The van der Waals surface area contributed by atoms with Crippen LogP contribution in [0.1, 0.15) is 20.7 Å². The molecule has 1 saturated heterocycles. The van der Waals surface area contributed by atoms with Gasteiger partial charge in [-0.1, -0.05) is 35.3 Å². The number of pyridine rings is 1. The lowest BCUT2D eigenvalue weighted by molar-refractivity contribution is 0.0303. The van der Waals surface area contributed by atoms with E-state index in [4.69, 9.17) is 33.7 Å². The van der Waals surface area contributed by atoms with Gasteiger partial charge in [-0.2, -0.15) is 0 Å². The molecule has 1 fully saturated rings. The quantitative estimate of drug-likeness (QED) is 0.635. The maximum atomic E-state index is 13.3. The number of rotatable bonds is 4. The number of ether oxygens (including phenoxy) is 1. The number of benzene rings is 2. The lowest BCUT2D eigenvalue weighted by atomic mass is 9.94. The van der Waals surface area contributed by atoms with Crippen LogP contribution in [0.3, 0.4) is 0 Å². The largest absolute Gasteiger partial charge is 0.378 e. The predicted molar refractivity (Wildman–Crippen MR) is 120 cm³/mol. The van der Waals surface area contributed by atoms with Gasteiger partial charge >= 0.3 is 0 Å². The fraction of sp³-hybridized carbons (Fsp3) is 0.174. The van der Waals surface area contributed by atoms with Crippen molar-refractivity contribution >= 4 is 35.0 Å². The van der Waals surface area contributed by atoms with E-state index in [0.29, 0.717) is 59.3 Å². The molecule has 4 rings (SSSR count). The average molecular weight is 456 g/mol. The van der Waals surface area contributed by atoms with E-state index in [0.717, 1.165) is 0 Å². The minimum Gasteiger partial charge on any atom is -0.378 e. The number of aromatic nitrogens is 1. The number of hydrogen-bond acceptors (Lipinski definition) is 4.